The average molecular weight is 308 g/mol. The van der Waals surface area contributed by atoms with Crippen molar-refractivity contribution in [2.75, 3.05) is 13.1 Å². The van der Waals surface area contributed by atoms with Gasteiger partial charge in [0.15, 0.2) is 0 Å². The zero-order valence-corrected chi connectivity index (χ0v) is 12.8. The molecule has 1 aromatic carbocycles. The third kappa shape index (κ3) is 4.13. The van der Waals surface area contributed by atoms with Crippen LogP contribution in [-0.2, 0) is 29.9 Å². The van der Waals surface area contributed by atoms with E-state index in [0.717, 1.165) is 17.7 Å². The summed E-state index contributed by atoms with van der Waals surface area (Å²) in [5, 5.41) is 4.05. The van der Waals surface area contributed by atoms with Crippen LogP contribution in [0.25, 0.3) is 0 Å². The van der Waals surface area contributed by atoms with Crippen LogP contribution in [0.15, 0.2) is 41.4 Å². The second-order valence-corrected chi connectivity index (χ2v) is 6.54. The Balaban J connectivity index is 1.96. The molecule has 3 N–H and O–H groups in total. The van der Waals surface area contributed by atoms with Gasteiger partial charge in [0.1, 0.15) is 0 Å². The van der Waals surface area contributed by atoms with Crippen molar-refractivity contribution in [2.24, 2.45) is 12.8 Å². The van der Waals surface area contributed by atoms with Crippen molar-refractivity contribution in [2.45, 2.75) is 17.7 Å². The van der Waals surface area contributed by atoms with E-state index in [1.54, 1.807) is 35.1 Å². The van der Waals surface area contributed by atoms with Gasteiger partial charge in [0, 0.05) is 31.9 Å². The Morgan fingerprint density at radius 1 is 1.19 bits per heavy atom. The second kappa shape index (κ2) is 6.84. The van der Waals surface area contributed by atoms with Crippen LogP contribution in [0, 0.1) is 0 Å². The smallest absolute Gasteiger partial charge is 0.240 e. The summed E-state index contributed by atoms with van der Waals surface area (Å²) in [5.41, 5.74) is 7.49. The van der Waals surface area contributed by atoms with Crippen molar-refractivity contribution in [3.05, 3.63) is 47.8 Å². The molecule has 2 rings (SSSR count). The number of nitrogens with two attached hydrogens (primary N) is 1. The highest BCUT2D eigenvalue weighted by Gasteiger charge is 2.13. The fourth-order valence-corrected chi connectivity index (χ4v) is 3.08. The van der Waals surface area contributed by atoms with E-state index >= 15 is 0 Å². The molecular weight excluding hydrogens is 288 g/mol. The van der Waals surface area contributed by atoms with Crippen molar-refractivity contribution in [1.29, 1.82) is 0 Å². The van der Waals surface area contributed by atoms with Gasteiger partial charge in [-0.25, -0.2) is 13.1 Å². The van der Waals surface area contributed by atoms with Gasteiger partial charge in [0.25, 0.3) is 0 Å². The van der Waals surface area contributed by atoms with Gasteiger partial charge in [-0.3, -0.25) is 4.68 Å². The van der Waals surface area contributed by atoms with E-state index in [-0.39, 0.29) is 4.90 Å². The van der Waals surface area contributed by atoms with E-state index < -0.39 is 10.0 Å². The van der Waals surface area contributed by atoms with Crippen molar-refractivity contribution < 1.29 is 8.42 Å². The minimum absolute atomic E-state index is 0.272. The monoisotopic (exact) mass is 308 g/mol. The number of hydrogen-bond donors (Lipinski definition) is 2. The number of aryl methyl sites for hydroxylation is 1. The van der Waals surface area contributed by atoms with Gasteiger partial charge in [0.05, 0.1) is 4.90 Å². The summed E-state index contributed by atoms with van der Waals surface area (Å²) in [6, 6.07) is 8.68. The molecule has 0 radical (unpaired) electrons. The molecule has 0 aliphatic carbocycles. The molecular formula is C14H20N4O2S. The van der Waals surface area contributed by atoms with Crippen LogP contribution >= 0.6 is 0 Å². The third-order valence-electron chi connectivity index (χ3n) is 3.26. The second-order valence-electron chi connectivity index (χ2n) is 4.78. The summed E-state index contributed by atoms with van der Waals surface area (Å²) >= 11 is 0. The van der Waals surface area contributed by atoms with Gasteiger partial charge in [-0.05, 0) is 36.7 Å². The molecule has 0 spiro atoms. The number of hydrogen-bond acceptors (Lipinski definition) is 4. The van der Waals surface area contributed by atoms with Crippen LogP contribution < -0.4 is 10.5 Å². The summed E-state index contributed by atoms with van der Waals surface area (Å²) in [6.07, 6.45) is 3.04. The molecule has 1 heterocycles. The lowest BCUT2D eigenvalue weighted by molar-refractivity contribution is 0.579. The molecule has 0 unspecified atom stereocenters. The third-order valence-corrected chi connectivity index (χ3v) is 4.74. The Morgan fingerprint density at radius 3 is 2.48 bits per heavy atom. The van der Waals surface area contributed by atoms with Crippen molar-refractivity contribution >= 4 is 10.0 Å². The molecule has 0 saturated heterocycles. The molecule has 0 amide bonds. The lowest BCUT2D eigenvalue weighted by Crippen LogP contribution is -2.26. The summed E-state index contributed by atoms with van der Waals surface area (Å²) in [7, 11) is -1.64. The largest absolute Gasteiger partial charge is 0.330 e. The van der Waals surface area contributed by atoms with Gasteiger partial charge < -0.3 is 5.73 Å². The van der Waals surface area contributed by atoms with Crippen molar-refractivity contribution in [1.82, 2.24) is 14.5 Å². The predicted octanol–water partition coefficient (Wildman–Crippen LogP) is 0.442. The maximum absolute atomic E-state index is 12.2. The first kappa shape index (κ1) is 15.7. The maximum Gasteiger partial charge on any atom is 0.240 e. The molecule has 0 atom stereocenters. The molecule has 7 heteroatoms. The highest BCUT2D eigenvalue weighted by molar-refractivity contribution is 7.89. The van der Waals surface area contributed by atoms with Crippen LogP contribution in [0.3, 0.4) is 0 Å². The molecule has 0 saturated carbocycles. The van der Waals surface area contributed by atoms with Gasteiger partial charge in [-0.15, -0.1) is 0 Å². The standard InChI is InChI=1S/C14H20N4O2S/c1-18-13(7-10-16-18)8-11-17-21(19,20)14-4-2-12(3-5-14)6-9-15/h2-5,7,10,17H,6,8-9,11,15H2,1H3. The number of benzene rings is 1. The highest BCUT2D eigenvalue weighted by atomic mass is 32.2. The molecule has 2 aromatic rings. The Morgan fingerprint density at radius 2 is 1.90 bits per heavy atom. The summed E-state index contributed by atoms with van der Waals surface area (Å²) < 4.78 is 28.6. The number of aromatic nitrogens is 2. The lowest BCUT2D eigenvalue weighted by Gasteiger charge is -2.08. The fraction of sp³-hybridized carbons (Fsp3) is 0.357. The fourth-order valence-electron chi connectivity index (χ4n) is 2.05. The molecule has 6 nitrogen and oxygen atoms in total. The van der Waals surface area contributed by atoms with Crippen LogP contribution in [0.5, 0.6) is 0 Å². The van der Waals surface area contributed by atoms with Gasteiger partial charge in [0.2, 0.25) is 10.0 Å². The lowest BCUT2D eigenvalue weighted by atomic mass is 10.2. The molecule has 0 aliphatic heterocycles. The van der Waals surface area contributed by atoms with Crippen LogP contribution in [-0.4, -0.2) is 31.3 Å². The van der Waals surface area contributed by atoms with E-state index in [2.05, 4.69) is 9.82 Å². The number of rotatable bonds is 7. The normalized spacial score (nSPS) is 11.7. The van der Waals surface area contributed by atoms with E-state index in [9.17, 15) is 8.42 Å². The maximum atomic E-state index is 12.2. The minimum Gasteiger partial charge on any atom is -0.330 e. The molecule has 21 heavy (non-hydrogen) atoms. The molecule has 0 aliphatic rings. The zero-order valence-electron chi connectivity index (χ0n) is 12.0. The van der Waals surface area contributed by atoms with Crippen LogP contribution in [0.4, 0.5) is 0 Å². The molecule has 0 bridgehead atoms. The van der Waals surface area contributed by atoms with Gasteiger partial charge in [-0.2, -0.15) is 5.10 Å². The van der Waals surface area contributed by atoms with Crippen LogP contribution in [0.2, 0.25) is 0 Å². The van der Waals surface area contributed by atoms with E-state index in [4.69, 9.17) is 5.73 Å². The summed E-state index contributed by atoms with van der Waals surface area (Å²) in [5.74, 6) is 0. The predicted molar refractivity (Wildman–Crippen MR) is 81.3 cm³/mol. The summed E-state index contributed by atoms with van der Waals surface area (Å²) in [6.45, 7) is 0.890. The quantitative estimate of drug-likeness (QED) is 0.777. The van der Waals surface area contributed by atoms with E-state index in [1.807, 2.05) is 13.1 Å². The first-order valence-electron chi connectivity index (χ1n) is 6.78. The van der Waals surface area contributed by atoms with Crippen molar-refractivity contribution in [3.63, 3.8) is 0 Å². The van der Waals surface area contributed by atoms with Crippen molar-refractivity contribution in [3.8, 4) is 0 Å². The van der Waals surface area contributed by atoms with E-state index in [0.29, 0.717) is 19.5 Å². The first-order valence-corrected chi connectivity index (χ1v) is 8.27. The molecule has 0 fully saturated rings. The highest BCUT2D eigenvalue weighted by Crippen LogP contribution is 2.11. The Bertz CT molecular complexity index is 677. The molecule has 114 valence electrons. The number of nitrogens with zero attached hydrogens (tertiary/aromatic N) is 2. The van der Waals surface area contributed by atoms with Crippen LogP contribution in [0.1, 0.15) is 11.3 Å². The van der Waals surface area contributed by atoms with E-state index in [1.165, 1.54) is 0 Å². The number of sulfonamides is 1. The minimum atomic E-state index is -3.47. The number of nitrogens with one attached hydrogen (secondary N) is 1. The Labute approximate surface area is 125 Å². The average Bonchev–Trinajstić information content (AvgIpc) is 2.85. The summed E-state index contributed by atoms with van der Waals surface area (Å²) in [4.78, 5) is 0.272. The molecule has 1 aromatic heterocycles. The van der Waals surface area contributed by atoms with Gasteiger partial charge in [-0.1, -0.05) is 12.1 Å². The first-order chi connectivity index (χ1) is 10.0. The topological polar surface area (TPSA) is 90.0 Å². The SMILES string of the molecule is Cn1nccc1CCNS(=O)(=O)c1ccc(CCN)cc1. The zero-order chi connectivity index (χ0) is 15.3. The van der Waals surface area contributed by atoms with Gasteiger partial charge >= 0.3 is 0 Å². The Hall–Kier alpha value is -1.70. The Kier molecular flexibility index (Phi) is 5.11.